The summed E-state index contributed by atoms with van der Waals surface area (Å²) in [6.07, 6.45) is 0.200. The third-order valence-electron chi connectivity index (χ3n) is 4.48. The molecule has 2 aromatic carbocycles. The molecule has 0 saturated carbocycles. The summed E-state index contributed by atoms with van der Waals surface area (Å²) < 4.78 is 0.993. The highest BCUT2D eigenvalue weighted by Crippen LogP contribution is 2.20. The zero-order chi connectivity index (χ0) is 21.8. The number of nitrogens with one attached hydrogen (secondary N) is 2. The van der Waals surface area contributed by atoms with Crippen LogP contribution in [0.25, 0.3) is 5.69 Å². The molecule has 0 atom stereocenters. The minimum absolute atomic E-state index is 0.0940. The van der Waals surface area contributed by atoms with Gasteiger partial charge in [-0.05, 0) is 37.1 Å². The van der Waals surface area contributed by atoms with E-state index in [2.05, 4.69) is 15.5 Å². The van der Waals surface area contributed by atoms with Crippen LogP contribution < -0.4 is 16.7 Å². The molecule has 0 radical (unpaired) electrons. The van der Waals surface area contributed by atoms with Crippen LogP contribution in [-0.4, -0.2) is 26.3 Å². The molecule has 9 heteroatoms. The van der Waals surface area contributed by atoms with Gasteiger partial charge in [-0.3, -0.25) is 14.6 Å². The van der Waals surface area contributed by atoms with Crippen LogP contribution >= 0.6 is 11.6 Å². The molecule has 0 aliphatic rings. The van der Waals surface area contributed by atoms with Crippen LogP contribution in [0.3, 0.4) is 0 Å². The molecule has 0 aliphatic carbocycles. The van der Waals surface area contributed by atoms with E-state index in [0.717, 1.165) is 10.1 Å². The van der Waals surface area contributed by atoms with Crippen molar-refractivity contribution in [1.29, 1.82) is 0 Å². The molecule has 0 fully saturated rings. The van der Waals surface area contributed by atoms with Gasteiger partial charge in [-0.1, -0.05) is 48.9 Å². The highest BCUT2D eigenvalue weighted by atomic mass is 35.5. The van der Waals surface area contributed by atoms with Gasteiger partial charge in [0.1, 0.15) is 5.56 Å². The van der Waals surface area contributed by atoms with E-state index in [1.54, 1.807) is 56.3 Å². The van der Waals surface area contributed by atoms with Gasteiger partial charge in [0, 0.05) is 0 Å². The van der Waals surface area contributed by atoms with Crippen molar-refractivity contribution in [3.8, 4) is 11.6 Å². The molecule has 0 bridgehead atoms. The maximum absolute atomic E-state index is 12.5. The van der Waals surface area contributed by atoms with Crippen molar-refractivity contribution >= 4 is 23.2 Å². The number of nitrogens with zero attached hydrogens (tertiary/aromatic N) is 2. The van der Waals surface area contributed by atoms with Gasteiger partial charge in [0.2, 0.25) is 5.88 Å². The summed E-state index contributed by atoms with van der Waals surface area (Å²) >= 11 is 6.01. The Morgan fingerprint density at radius 1 is 1.17 bits per heavy atom. The molecular formula is C21H19ClN4O4. The van der Waals surface area contributed by atoms with Crippen LogP contribution in [0.1, 0.15) is 34.8 Å². The molecule has 30 heavy (non-hydrogen) atoms. The zero-order valence-corrected chi connectivity index (χ0v) is 17.0. The number of hydrogen-bond acceptors (Lipinski definition) is 5. The quantitative estimate of drug-likeness (QED) is 0.429. The van der Waals surface area contributed by atoms with E-state index in [9.17, 15) is 19.5 Å². The average molecular weight is 427 g/mol. The van der Waals surface area contributed by atoms with Crippen LogP contribution in [0.4, 0.5) is 0 Å². The Kier molecular flexibility index (Phi) is 6.17. The summed E-state index contributed by atoms with van der Waals surface area (Å²) in [6.45, 7) is 3.47. The van der Waals surface area contributed by atoms with E-state index >= 15 is 0 Å². The number of aromatic hydroxyl groups is 1. The molecule has 8 nitrogen and oxygen atoms in total. The maximum Gasteiger partial charge on any atom is 0.335 e. The standard InChI is InChI=1S/C21H19ClN4O4/c1-3-15(24-25-18(27)13-9-5-6-10-14(13)22)17-19(28)23-21(30)26(20(17)29)16-11-7-4-8-12(16)2/h4-11,29H,3H2,1-2H3,(H,25,27)(H,23,28,30). The summed E-state index contributed by atoms with van der Waals surface area (Å²) in [5.74, 6) is -1.14. The molecule has 3 aromatic rings. The number of para-hydroxylation sites is 1. The van der Waals surface area contributed by atoms with Crippen LogP contribution in [0, 0.1) is 6.92 Å². The number of benzene rings is 2. The first-order valence-electron chi connectivity index (χ1n) is 9.11. The third kappa shape index (κ3) is 4.04. The lowest BCUT2D eigenvalue weighted by Gasteiger charge is -2.14. The number of rotatable bonds is 5. The van der Waals surface area contributed by atoms with Crippen molar-refractivity contribution in [1.82, 2.24) is 15.0 Å². The second kappa shape index (κ2) is 8.79. The fourth-order valence-corrected chi connectivity index (χ4v) is 3.18. The molecule has 1 heterocycles. The maximum atomic E-state index is 12.5. The van der Waals surface area contributed by atoms with Gasteiger partial charge in [-0.15, -0.1) is 0 Å². The number of hydrazone groups is 1. The fourth-order valence-electron chi connectivity index (χ4n) is 2.96. The number of aromatic amines is 1. The first kappa shape index (κ1) is 21.1. The van der Waals surface area contributed by atoms with Gasteiger partial charge in [0.05, 0.1) is 22.0 Å². The summed E-state index contributed by atoms with van der Waals surface area (Å²) in [5.41, 5.74) is 1.97. The Morgan fingerprint density at radius 2 is 1.83 bits per heavy atom. The molecule has 1 amide bonds. The third-order valence-corrected chi connectivity index (χ3v) is 4.81. The lowest BCUT2D eigenvalue weighted by atomic mass is 10.1. The van der Waals surface area contributed by atoms with E-state index in [-0.39, 0.29) is 28.3 Å². The lowest BCUT2D eigenvalue weighted by Crippen LogP contribution is -2.34. The number of aromatic nitrogens is 2. The smallest absolute Gasteiger partial charge is 0.335 e. The predicted octanol–water partition coefficient (Wildman–Crippen LogP) is 2.74. The highest BCUT2D eigenvalue weighted by molar-refractivity contribution is 6.33. The van der Waals surface area contributed by atoms with E-state index in [1.807, 2.05) is 0 Å². The molecule has 0 saturated heterocycles. The van der Waals surface area contributed by atoms with Crippen molar-refractivity contribution in [3.63, 3.8) is 0 Å². The van der Waals surface area contributed by atoms with E-state index in [1.165, 1.54) is 6.07 Å². The topological polar surface area (TPSA) is 117 Å². The van der Waals surface area contributed by atoms with Gasteiger partial charge in [-0.25, -0.2) is 14.8 Å². The second-order valence-corrected chi connectivity index (χ2v) is 6.82. The highest BCUT2D eigenvalue weighted by Gasteiger charge is 2.20. The average Bonchev–Trinajstić information content (AvgIpc) is 2.71. The number of carbonyl (C=O) groups is 1. The van der Waals surface area contributed by atoms with E-state index in [4.69, 9.17) is 11.6 Å². The Balaban J connectivity index is 2.08. The molecule has 0 aliphatic heterocycles. The fraction of sp³-hybridized carbons (Fsp3) is 0.143. The van der Waals surface area contributed by atoms with E-state index in [0.29, 0.717) is 5.69 Å². The summed E-state index contributed by atoms with van der Waals surface area (Å²) in [4.78, 5) is 39.4. The second-order valence-electron chi connectivity index (χ2n) is 6.41. The Morgan fingerprint density at radius 3 is 2.50 bits per heavy atom. The van der Waals surface area contributed by atoms with Gasteiger partial charge < -0.3 is 5.11 Å². The van der Waals surface area contributed by atoms with Crippen molar-refractivity contribution in [2.45, 2.75) is 20.3 Å². The summed E-state index contributed by atoms with van der Waals surface area (Å²) in [7, 11) is 0. The number of carbonyl (C=O) groups excluding carboxylic acids is 1. The van der Waals surface area contributed by atoms with Crippen LogP contribution in [0.15, 0.2) is 63.2 Å². The molecule has 1 aromatic heterocycles. The number of amides is 1. The molecule has 0 spiro atoms. The molecule has 154 valence electrons. The Hall–Kier alpha value is -3.65. The molecular weight excluding hydrogens is 408 g/mol. The lowest BCUT2D eigenvalue weighted by molar-refractivity contribution is 0.0955. The first-order chi connectivity index (χ1) is 14.3. The largest absolute Gasteiger partial charge is 0.493 e. The number of hydrogen-bond donors (Lipinski definition) is 3. The molecule has 3 rings (SSSR count). The predicted molar refractivity (Wildman–Crippen MR) is 115 cm³/mol. The first-order valence-corrected chi connectivity index (χ1v) is 9.49. The van der Waals surface area contributed by atoms with E-state index < -0.39 is 23.0 Å². The van der Waals surface area contributed by atoms with Gasteiger partial charge in [0.25, 0.3) is 11.5 Å². The SMILES string of the molecule is CCC(=NNC(=O)c1ccccc1Cl)c1c(O)n(-c2ccccc2C)c(=O)[nH]c1=O. The minimum Gasteiger partial charge on any atom is -0.493 e. The van der Waals surface area contributed by atoms with Crippen LogP contribution in [0.5, 0.6) is 5.88 Å². The monoisotopic (exact) mass is 426 g/mol. The van der Waals surface area contributed by atoms with Crippen LogP contribution in [0.2, 0.25) is 5.02 Å². The minimum atomic E-state index is -0.810. The molecule has 0 unspecified atom stereocenters. The summed E-state index contributed by atoms with van der Waals surface area (Å²) in [6, 6.07) is 13.3. The number of H-pyrrole nitrogens is 1. The van der Waals surface area contributed by atoms with Gasteiger partial charge in [0.15, 0.2) is 0 Å². The Bertz CT molecular complexity index is 1260. The Labute approximate surface area is 176 Å². The van der Waals surface area contributed by atoms with Crippen molar-refractivity contribution < 1.29 is 9.90 Å². The van der Waals surface area contributed by atoms with Crippen molar-refractivity contribution in [2.75, 3.05) is 0 Å². The van der Waals surface area contributed by atoms with Crippen molar-refractivity contribution in [3.05, 3.63) is 91.1 Å². The van der Waals surface area contributed by atoms with Gasteiger partial charge in [-0.2, -0.15) is 5.10 Å². The summed E-state index contributed by atoms with van der Waals surface area (Å²) in [5, 5.41) is 15.0. The number of halogens is 1. The van der Waals surface area contributed by atoms with Crippen molar-refractivity contribution in [2.24, 2.45) is 5.10 Å². The normalized spacial score (nSPS) is 11.4. The van der Waals surface area contributed by atoms with Crippen LogP contribution in [-0.2, 0) is 0 Å². The molecule has 3 N–H and O–H groups in total. The van der Waals surface area contributed by atoms with Gasteiger partial charge >= 0.3 is 5.69 Å². The number of aryl methyl sites for hydroxylation is 1. The zero-order valence-electron chi connectivity index (χ0n) is 16.3.